The molecule has 0 aliphatic heterocycles. The van der Waals surface area contributed by atoms with Gasteiger partial charge in [0.25, 0.3) is 0 Å². The molecule has 5 heteroatoms. The van der Waals surface area contributed by atoms with Crippen molar-refractivity contribution < 1.29 is 5.11 Å². The number of aliphatic hydroxyl groups is 1. The van der Waals surface area contributed by atoms with Gasteiger partial charge in [-0.2, -0.15) is 0 Å². The normalized spacial score (nSPS) is 39.4. The average Bonchev–Trinajstić information content (AvgIpc) is 2.38. The number of rotatable bonds is 3. The summed E-state index contributed by atoms with van der Waals surface area (Å²) < 4.78 is 1.97. The first kappa shape index (κ1) is 15.4. The minimum Gasteiger partial charge on any atom is -0.398 e. The monoisotopic (exact) mass is 428 g/mol. The van der Waals surface area contributed by atoms with Gasteiger partial charge in [0.1, 0.15) is 0 Å². The average molecular weight is 430 g/mol. The van der Waals surface area contributed by atoms with Crippen molar-refractivity contribution in [2.24, 2.45) is 11.8 Å². The van der Waals surface area contributed by atoms with E-state index in [1.165, 1.54) is 19.3 Å². The maximum atomic E-state index is 10.8. The Kier molecular flexibility index (Phi) is 3.65. The van der Waals surface area contributed by atoms with Gasteiger partial charge in [0.05, 0.1) is 11.3 Å². The van der Waals surface area contributed by atoms with Crippen molar-refractivity contribution in [3.8, 4) is 0 Å². The number of nitrogens with one attached hydrogen (secondary N) is 1. The maximum Gasteiger partial charge on any atom is 0.0670 e. The Morgan fingerprint density at radius 2 is 1.86 bits per heavy atom. The number of nitrogen functional groups attached to an aromatic ring is 1. The Bertz CT molecular complexity index is 605. The number of anilines is 1. The Morgan fingerprint density at radius 1 is 1.18 bits per heavy atom. The summed E-state index contributed by atoms with van der Waals surface area (Å²) in [4.78, 5) is 0. The van der Waals surface area contributed by atoms with Crippen molar-refractivity contribution in [3.05, 3.63) is 26.6 Å². The molecule has 0 amide bonds. The van der Waals surface area contributed by atoms with Crippen LogP contribution < -0.4 is 11.1 Å². The zero-order valence-corrected chi connectivity index (χ0v) is 15.7. The Morgan fingerprint density at radius 3 is 2.50 bits per heavy atom. The number of benzene rings is 1. The molecule has 0 saturated heterocycles. The highest BCUT2D eigenvalue weighted by atomic mass is 79.9. The lowest BCUT2D eigenvalue weighted by Crippen LogP contribution is -2.64. The zero-order valence-electron chi connectivity index (χ0n) is 12.5. The van der Waals surface area contributed by atoms with Gasteiger partial charge >= 0.3 is 0 Å². The first-order valence-electron chi connectivity index (χ1n) is 8.07. The van der Waals surface area contributed by atoms with E-state index in [4.69, 9.17) is 5.73 Å². The van der Waals surface area contributed by atoms with Gasteiger partial charge in [0.2, 0.25) is 0 Å². The summed E-state index contributed by atoms with van der Waals surface area (Å²) in [5, 5.41) is 14.6. The molecule has 4 aliphatic carbocycles. The Hall–Kier alpha value is -0.100. The van der Waals surface area contributed by atoms with Gasteiger partial charge in [-0.05, 0) is 84.0 Å². The number of hydrogen-bond acceptors (Lipinski definition) is 3. The fourth-order valence-corrected chi connectivity index (χ4v) is 6.80. The van der Waals surface area contributed by atoms with Crippen molar-refractivity contribution in [1.29, 1.82) is 0 Å². The van der Waals surface area contributed by atoms with Crippen LogP contribution in [-0.4, -0.2) is 16.2 Å². The smallest absolute Gasteiger partial charge is 0.0670 e. The minimum absolute atomic E-state index is 0.111. The molecule has 1 aromatic carbocycles. The van der Waals surface area contributed by atoms with E-state index in [0.29, 0.717) is 11.8 Å². The maximum absolute atomic E-state index is 10.8. The lowest BCUT2D eigenvalue weighted by Gasteiger charge is -2.60. The third-order valence-electron chi connectivity index (χ3n) is 5.86. The molecule has 3 nitrogen and oxygen atoms in total. The lowest BCUT2D eigenvalue weighted by molar-refractivity contribution is -0.142. The predicted molar refractivity (Wildman–Crippen MR) is 95.5 cm³/mol. The van der Waals surface area contributed by atoms with Crippen LogP contribution in [0, 0.1) is 11.8 Å². The van der Waals surface area contributed by atoms with Crippen molar-refractivity contribution in [2.75, 3.05) is 5.73 Å². The summed E-state index contributed by atoms with van der Waals surface area (Å²) in [5.41, 5.74) is 7.81. The molecule has 4 fully saturated rings. The Labute approximate surface area is 148 Å². The Balaban J connectivity index is 1.55. The van der Waals surface area contributed by atoms with Crippen molar-refractivity contribution in [2.45, 2.75) is 56.2 Å². The summed E-state index contributed by atoms with van der Waals surface area (Å²) >= 11 is 7.05. The molecule has 0 radical (unpaired) electrons. The molecule has 2 atom stereocenters. The van der Waals surface area contributed by atoms with E-state index < -0.39 is 5.60 Å². The van der Waals surface area contributed by atoms with Gasteiger partial charge in [-0.1, -0.05) is 15.9 Å². The molecular weight excluding hydrogens is 408 g/mol. The van der Waals surface area contributed by atoms with E-state index in [1.54, 1.807) is 0 Å². The van der Waals surface area contributed by atoms with Crippen LogP contribution in [0.1, 0.15) is 44.1 Å². The highest BCUT2D eigenvalue weighted by Gasteiger charge is 2.56. The molecule has 0 spiro atoms. The fourth-order valence-electron chi connectivity index (χ4n) is 5.49. The fraction of sp³-hybridized carbons (Fsp3) is 0.647. The zero-order chi connectivity index (χ0) is 15.5. The van der Waals surface area contributed by atoms with Gasteiger partial charge in [0, 0.05) is 21.0 Å². The lowest BCUT2D eigenvalue weighted by atomic mass is 9.51. The molecule has 4 saturated carbocycles. The third-order valence-corrected chi connectivity index (χ3v) is 6.98. The number of halogens is 2. The largest absolute Gasteiger partial charge is 0.398 e. The second-order valence-corrected chi connectivity index (χ2v) is 9.55. The molecule has 1 aromatic rings. The third kappa shape index (κ3) is 2.64. The van der Waals surface area contributed by atoms with Crippen LogP contribution >= 0.6 is 31.9 Å². The molecule has 4 bridgehead atoms. The summed E-state index contributed by atoms with van der Waals surface area (Å²) in [7, 11) is 0. The van der Waals surface area contributed by atoms with Crippen LogP contribution in [0.15, 0.2) is 21.1 Å². The van der Waals surface area contributed by atoms with Crippen molar-refractivity contribution in [3.63, 3.8) is 0 Å². The van der Waals surface area contributed by atoms with Crippen LogP contribution in [0.25, 0.3) is 0 Å². The van der Waals surface area contributed by atoms with Gasteiger partial charge in [-0.25, -0.2) is 0 Å². The summed E-state index contributed by atoms with van der Waals surface area (Å²) in [5.74, 6) is 1.40. The molecule has 2 unspecified atom stereocenters. The van der Waals surface area contributed by atoms with E-state index in [2.05, 4.69) is 43.2 Å². The molecule has 4 aliphatic rings. The molecule has 22 heavy (non-hydrogen) atoms. The van der Waals surface area contributed by atoms with Gasteiger partial charge in [-0.3, -0.25) is 0 Å². The first-order chi connectivity index (χ1) is 10.4. The van der Waals surface area contributed by atoms with Crippen molar-refractivity contribution >= 4 is 37.5 Å². The molecule has 0 aromatic heterocycles. The number of nitrogens with two attached hydrogens (primary N) is 1. The second-order valence-electron chi connectivity index (χ2n) is 7.78. The molecule has 4 N–H and O–H groups in total. The molecule has 120 valence electrons. The standard InChI is InChI=1S/C17H22Br2N2O/c18-13-2-12(15(20)14(19)3-13)8-21-16-4-10-1-11(5-16)7-17(22,6-10)9-16/h2-3,10-11,21-22H,1,4-9,20H2. The second kappa shape index (κ2) is 5.20. The summed E-state index contributed by atoms with van der Waals surface area (Å²) in [6.07, 6.45) is 6.66. The van der Waals surface area contributed by atoms with E-state index in [9.17, 15) is 5.11 Å². The number of hydrogen-bond donors (Lipinski definition) is 3. The SMILES string of the molecule is Nc1c(Br)cc(Br)cc1CNC12CC3CC(CC(O)(C3)C1)C2. The van der Waals surface area contributed by atoms with E-state index >= 15 is 0 Å². The van der Waals surface area contributed by atoms with E-state index in [1.807, 2.05) is 6.07 Å². The van der Waals surface area contributed by atoms with Gasteiger partial charge < -0.3 is 16.2 Å². The molecular formula is C17H22Br2N2O. The van der Waals surface area contributed by atoms with E-state index in [-0.39, 0.29) is 5.54 Å². The minimum atomic E-state index is -0.416. The highest BCUT2D eigenvalue weighted by molar-refractivity contribution is 9.11. The quantitative estimate of drug-likeness (QED) is 0.637. The highest BCUT2D eigenvalue weighted by Crippen LogP contribution is 2.57. The van der Waals surface area contributed by atoms with Gasteiger partial charge in [-0.15, -0.1) is 0 Å². The van der Waals surface area contributed by atoms with Crippen LogP contribution in [0.2, 0.25) is 0 Å². The first-order valence-corrected chi connectivity index (χ1v) is 9.66. The predicted octanol–water partition coefficient (Wildman–Crippen LogP) is 3.97. The topological polar surface area (TPSA) is 58.3 Å². The summed E-state index contributed by atoms with van der Waals surface area (Å²) in [6, 6.07) is 4.06. The van der Waals surface area contributed by atoms with Crippen LogP contribution in [0.4, 0.5) is 5.69 Å². The molecule has 5 rings (SSSR count). The summed E-state index contributed by atoms with van der Waals surface area (Å²) in [6.45, 7) is 0.763. The van der Waals surface area contributed by atoms with Crippen molar-refractivity contribution in [1.82, 2.24) is 5.32 Å². The van der Waals surface area contributed by atoms with Crippen LogP contribution in [0.3, 0.4) is 0 Å². The van der Waals surface area contributed by atoms with E-state index in [0.717, 1.165) is 46.0 Å². The van der Waals surface area contributed by atoms with Crippen LogP contribution in [0.5, 0.6) is 0 Å². The molecule has 0 heterocycles. The van der Waals surface area contributed by atoms with Gasteiger partial charge in [0.15, 0.2) is 0 Å². The van der Waals surface area contributed by atoms with Crippen LogP contribution in [-0.2, 0) is 6.54 Å².